The number of carbonyl (C=O) groups is 2. The predicted molar refractivity (Wildman–Crippen MR) is 72.7 cm³/mol. The van der Waals surface area contributed by atoms with Gasteiger partial charge >= 0.3 is 0 Å². The fraction of sp³-hybridized carbons (Fsp3) is 0.571. The van der Waals surface area contributed by atoms with Crippen LogP contribution in [-0.2, 0) is 15.0 Å². The van der Waals surface area contributed by atoms with Crippen LogP contribution in [-0.4, -0.2) is 11.8 Å². The lowest BCUT2D eigenvalue weighted by Gasteiger charge is -2.26. The minimum Gasteiger partial charge on any atom is -0.296 e. The van der Waals surface area contributed by atoms with Crippen LogP contribution >= 0.6 is 11.3 Å². The van der Waals surface area contributed by atoms with E-state index in [2.05, 4.69) is 38.2 Å². The predicted octanol–water partition coefficient (Wildman–Crippen LogP) is 2.81. The van der Waals surface area contributed by atoms with Crippen molar-refractivity contribution >= 4 is 23.2 Å². The van der Waals surface area contributed by atoms with Gasteiger partial charge in [-0.1, -0.05) is 27.7 Å². The summed E-state index contributed by atoms with van der Waals surface area (Å²) in [5.41, 5.74) is 0.118. The molecule has 0 spiro atoms. The van der Waals surface area contributed by atoms with Gasteiger partial charge in [0.15, 0.2) is 0 Å². The molecule has 1 aromatic heterocycles. The summed E-state index contributed by atoms with van der Waals surface area (Å²) in [5, 5.41) is 2.39. The molecule has 1 N–H and O–H groups in total. The highest BCUT2D eigenvalue weighted by atomic mass is 32.1. The second kappa shape index (κ2) is 4.50. The Labute approximate surface area is 112 Å². The summed E-state index contributed by atoms with van der Waals surface area (Å²) in [4.78, 5) is 25.6. The maximum absolute atomic E-state index is 11.7. The molecule has 0 aromatic carbocycles. The summed E-state index contributed by atoms with van der Waals surface area (Å²) >= 11 is 1.72. The van der Waals surface area contributed by atoms with Crippen molar-refractivity contribution in [3.63, 3.8) is 0 Å². The van der Waals surface area contributed by atoms with Crippen LogP contribution in [0.3, 0.4) is 0 Å². The van der Waals surface area contributed by atoms with Crippen LogP contribution < -0.4 is 5.32 Å². The summed E-state index contributed by atoms with van der Waals surface area (Å²) in [7, 11) is 0. The van der Waals surface area contributed by atoms with Crippen molar-refractivity contribution in [2.45, 2.75) is 45.4 Å². The zero-order valence-electron chi connectivity index (χ0n) is 11.2. The molecule has 0 aliphatic carbocycles. The molecule has 1 aliphatic rings. The Kier molecular flexibility index (Phi) is 3.32. The maximum atomic E-state index is 11.7. The molecule has 1 fully saturated rings. The molecule has 2 atom stereocenters. The van der Waals surface area contributed by atoms with E-state index >= 15 is 0 Å². The van der Waals surface area contributed by atoms with Gasteiger partial charge in [0.05, 0.1) is 0 Å². The summed E-state index contributed by atoms with van der Waals surface area (Å²) < 4.78 is 0. The highest BCUT2D eigenvalue weighted by Gasteiger charge is 2.34. The van der Waals surface area contributed by atoms with Gasteiger partial charge in [-0.25, -0.2) is 0 Å². The molecule has 98 valence electrons. The van der Waals surface area contributed by atoms with Crippen molar-refractivity contribution in [1.82, 2.24) is 5.32 Å². The third-order valence-electron chi connectivity index (χ3n) is 3.42. The quantitative estimate of drug-likeness (QED) is 0.794. The first-order chi connectivity index (χ1) is 8.29. The van der Waals surface area contributed by atoms with E-state index in [-0.39, 0.29) is 29.1 Å². The number of piperidine rings is 1. The van der Waals surface area contributed by atoms with Gasteiger partial charge in [-0.15, -0.1) is 11.3 Å². The molecule has 4 heteroatoms. The van der Waals surface area contributed by atoms with Gasteiger partial charge in [-0.2, -0.15) is 0 Å². The Hall–Kier alpha value is -1.16. The van der Waals surface area contributed by atoms with E-state index in [4.69, 9.17) is 0 Å². The maximum Gasteiger partial charge on any atom is 0.230 e. The van der Waals surface area contributed by atoms with E-state index in [0.717, 1.165) is 4.88 Å². The van der Waals surface area contributed by atoms with Gasteiger partial charge in [0.2, 0.25) is 11.8 Å². The summed E-state index contributed by atoms with van der Waals surface area (Å²) in [6.45, 7) is 8.41. The second-order valence-electron chi connectivity index (χ2n) is 5.96. The number of amides is 2. The van der Waals surface area contributed by atoms with Crippen LogP contribution in [0.15, 0.2) is 12.1 Å². The third-order valence-corrected chi connectivity index (χ3v) is 5.06. The highest BCUT2D eigenvalue weighted by Crippen LogP contribution is 2.38. The molecule has 0 saturated carbocycles. The van der Waals surface area contributed by atoms with Crippen LogP contribution in [0.1, 0.15) is 49.8 Å². The molecular weight excluding hydrogens is 246 g/mol. The Morgan fingerprint density at radius 3 is 2.50 bits per heavy atom. The van der Waals surface area contributed by atoms with E-state index in [9.17, 15) is 9.59 Å². The smallest absolute Gasteiger partial charge is 0.230 e. The van der Waals surface area contributed by atoms with Gasteiger partial charge < -0.3 is 0 Å². The van der Waals surface area contributed by atoms with Crippen LogP contribution in [0.25, 0.3) is 0 Å². The van der Waals surface area contributed by atoms with Gasteiger partial charge in [-0.05, 0) is 17.5 Å². The van der Waals surface area contributed by atoms with Crippen molar-refractivity contribution in [1.29, 1.82) is 0 Å². The average Bonchev–Trinajstić information content (AvgIpc) is 2.71. The number of hydrogen-bond donors (Lipinski definition) is 1. The number of rotatable bonds is 1. The SMILES string of the molecule is CC1C(=O)NC(=O)CC1c1ccc(C(C)(C)C)s1. The largest absolute Gasteiger partial charge is 0.296 e. The molecule has 0 radical (unpaired) electrons. The number of imide groups is 1. The Morgan fingerprint density at radius 2 is 1.94 bits per heavy atom. The van der Waals surface area contributed by atoms with E-state index in [1.807, 2.05) is 6.92 Å². The van der Waals surface area contributed by atoms with Crippen LogP contribution in [0.4, 0.5) is 0 Å². The monoisotopic (exact) mass is 265 g/mol. The lowest BCUT2D eigenvalue weighted by Crippen LogP contribution is -2.43. The summed E-state index contributed by atoms with van der Waals surface area (Å²) in [6.07, 6.45) is 0.414. The molecular formula is C14H19NO2S. The molecule has 18 heavy (non-hydrogen) atoms. The minimum atomic E-state index is -0.159. The molecule has 3 nitrogen and oxygen atoms in total. The van der Waals surface area contributed by atoms with Crippen molar-refractivity contribution in [2.24, 2.45) is 5.92 Å². The molecule has 1 aromatic rings. The lowest BCUT2D eigenvalue weighted by atomic mass is 9.85. The highest BCUT2D eigenvalue weighted by molar-refractivity contribution is 7.12. The Balaban J connectivity index is 2.28. The second-order valence-corrected chi connectivity index (χ2v) is 7.08. The van der Waals surface area contributed by atoms with Gasteiger partial charge in [0, 0.05) is 28.0 Å². The van der Waals surface area contributed by atoms with Gasteiger partial charge in [0.1, 0.15) is 0 Å². The third kappa shape index (κ3) is 2.48. The number of thiophene rings is 1. The number of hydrogen-bond acceptors (Lipinski definition) is 3. The average molecular weight is 265 g/mol. The molecule has 2 amide bonds. The van der Waals surface area contributed by atoms with Crippen molar-refractivity contribution < 1.29 is 9.59 Å². The summed E-state index contributed by atoms with van der Waals surface area (Å²) in [5.74, 6) is -0.405. The van der Waals surface area contributed by atoms with E-state index in [0.29, 0.717) is 6.42 Å². The van der Waals surface area contributed by atoms with Gasteiger partial charge in [-0.3, -0.25) is 14.9 Å². The molecule has 2 rings (SSSR count). The summed E-state index contributed by atoms with van der Waals surface area (Å²) in [6, 6.07) is 4.18. The van der Waals surface area contributed by atoms with Crippen LogP contribution in [0.2, 0.25) is 0 Å². The fourth-order valence-electron chi connectivity index (χ4n) is 2.16. The van der Waals surface area contributed by atoms with Crippen LogP contribution in [0.5, 0.6) is 0 Å². The van der Waals surface area contributed by atoms with Crippen molar-refractivity contribution in [3.8, 4) is 0 Å². The zero-order chi connectivity index (χ0) is 13.5. The fourth-order valence-corrected chi connectivity index (χ4v) is 3.43. The first-order valence-electron chi connectivity index (χ1n) is 6.23. The molecule has 2 heterocycles. The number of nitrogens with one attached hydrogen (secondary N) is 1. The Morgan fingerprint density at radius 1 is 1.28 bits per heavy atom. The van der Waals surface area contributed by atoms with Crippen LogP contribution in [0, 0.1) is 5.92 Å². The first kappa shape index (κ1) is 13.3. The molecule has 1 saturated heterocycles. The van der Waals surface area contributed by atoms with Crippen molar-refractivity contribution in [2.75, 3.05) is 0 Å². The lowest BCUT2D eigenvalue weighted by molar-refractivity contribution is -0.136. The normalized spacial score (nSPS) is 25.1. The van der Waals surface area contributed by atoms with E-state index in [1.165, 1.54) is 4.88 Å². The topological polar surface area (TPSA) is 46.2 Å². The van der Waals surface area contributed by atoms with E-state index in [1.54, 1.807) is 11.3 Å². The molecule has 0 bridgehead atoms. The molecule has 2 unspecified atom stereocenters. The zero-order valence-corrected chi connectivity index (χ0v) is 12.1. The number of carbonyl (C=O) groups excluding carboxylic acids is 2. The van der Waals surface area contributed by atoms with Crippen molar-refractivity contribution in [3.05, 3.63) is 21.9 Å². The van der Waals surface area contributed by atoms with E-state index < -0.39 is 0 Å². The van der Waals surface area contributed by atoms with Gasteiger partial charge in [0.25, 0.3) is 0 Å². The minimum absolute atomic E-state index is 0.0346. The first-order valence-corrected chi connectivity index (χ1v) is 7.04. The standard InChI is InChI=1S/C14H19NO2S/c1-8-9(7-12(16)15-13(8)17)10-5-6-11(18-10)14(2,3)4/h5-6,8-9H,7H2,1-4H3,(H,15,16,17). The Bertz CT molecular complexity index is 484. The molecule has 1 aliphatic heterocycles.